The first kappa shape index (κ1) is 23.2. The van der Waals surface area contributed by atoms with Gasteiger partial charge in [-0.25, -0.2) is 9.78 Å². The molecule has 1 aliphatic heterocycles. The number of carbonyl (C=O) groups is 2. The smallest absolute Gasteiger partial charge is 0.419 e. The second-order valence-corrected chi connectivity index (χ2v) is 10.3. The van der Waals surface area contributed by atoms with Gasteiger partial charge in [-0.1, -0.05) is 24.3 Å². The van der Waals surface area contributed by atoms with Crippen molar-refractivity contribution in [2.24, 2.45) is 0 Å². The average Bonchev–Trinajstić information content (AvgIpc) is 3.37. The van der Waals surface area contributed by atoms with Crippen LogP contribution in [0.3, 0.4) is 0 Å². The molecule has 1 N–H and O–H groups in total. The molecule has 4 rings (SSSR count). The number of carbonyl (C=O) groups excluding carboxylic acids is 2. The molecule has 1 atom stereocenters. The zero-order valence-electron chi connectivity index (χ0n) is 19.4. The van der Waals surface area contributed by atoms with Crippen molar-refractivity contribution in [1.29, 1.82) is 0 Å². The van der Waals surface area contributed by atoms with Gasteiger partial charge in [-0.2, -0.15) is 0 Å². The number of nitrogens with zero attached hydrogens (tertiary/aromatic N) is 2. The van der Waals surface area contributed by atoms with Crippen molar-refractivity contribution in [2.45, 2.75) is 52.2 Å². The second-order valence-electron chi connectivity index (χ2n) is 9.10. The summed E-state index contributed by atoms with van der Waals surface area (Å²) in [7, 11) is 0. The summed E-state index contributed by atoms with van der Waals surface area (Å²) >= 11 is 1.37. The molecule has 1 amide bonds. The monoisotopic (exact) mass is 467 g/mol. The Bertz CT molecular complexity index is 1200. The number of nitrogens with one attached hydrogen (secondary N) is 1. The van der Waals surface area contributed by atoms with Crippen LogP contribution in [0.15, 0.2) is 48.3 Å². The topological polar surface area (TPSA) is 82.5 Å². The SMILES string of the molecule is Cc1ncc(C(=O)NC(Cc2cn(C(=O)OC(C)(C)C)c3ccccc23)C2=CCOCC2)s1. The lowest BCUT2D eigenvalue weighted by Crippen LogP contribution is -2.38. The van der Waals surface area contributed by atoms with E-state index < -0.39 is 11.7 Å². The number of fused-ring (bicyclic) bond motifs is 1. The van der Waals surface area contributed by atoms with E-state index in [1.807, 2.05) is 64.2 Å². The van der Waals surface area contributed by atoms with Crippen LogP contribution in [0.5, 0.6) is 0 Å². The molecule has 0 spiro atoms. The van der Waals surface area contributed by atoms with Gasteiger partial charge < -0.3 is 14.8 Å². The second kappa shape index (κ2) is 9.49. The van der Waals surface area contributed by atoms with Crippen molar-refractivity contribution in [2.75, 3.05) is 13.2 Å². The lowest BCUT2D eigenvalue weighted by atomic mass is 9.95. The molecule has 0 aliphatic carbocycles. The third-order valence-electron chi connectivity index (χ3n) is 5.41. The third-order valence-corrected chi connectivity index (χ3v) is 6.32. The molecule has 1 aromatic carbocycles. The standard InChI is InChI=1S/C25H29N3O4S/c1-16-26-14-22(33-16)23(29)27-20(17-9-11-31-12-10-17)13-18-15-28(24(30)32-25(2,3)4)21-8-6-5-7-19(18)21/h5-9,14-15,20H,10-13H2,1-4H3,(H,27,29). The highest BCUT2D eigenvalue weighted by molar-refractivity contribution is 7.13. The fraction of sp³-hybridized carbons (Fsp3) is 0.400. The predicted molar refractivity (Wildman–Crippen MR) is 129 cm³/mol. The van der Waals surface area contributed by atoms with Gasteiger partial charge in [0.05, 0.1) is 36.0 Å². The molecule has 3 heterocycles. The van der Waals surface area contributed by atoms with Crippen LogP contribution in [0.25, 0.3) is 10.9 Å². The van der Waals surface area contributed by atoms with E-state index in [9.17, 15) is 9.59 Å². The Hall–Kier alpha value is -2.97. The molecule has 8 heteroatoms. The van der Waals surface area contributed by atoms with Gasteiger partial charge in [0.2, 0.25) is 0 Å². The summed E-state index contributed by atoms with van der Waals surface area (Å²) in [4.78, 5) is 30.6. The van der Waals surface area contributed by atoms with Gasteiger partial charge in [0, 0.05) is 11.6 Å². The van der Waals surface area contributed by atoms with E-state index in [0.717, 1.165) is 33.5 Å². The highest BCUT2D eigenvalue weighted by atomic mass is 32.1. The van der Waals surface area contributed by atoms with Crippen molar-refractivity contribution in [1.82, 2.24) is 14.9 Å². The van der Waals surface area contributed by atoms with Crippen LogP contribution in [0.2, 0.25) is 0 Å². The maximum Gasteiger partial charge on any atom is 0.419 e. The fourth-order valence-corrected chi connectivity index (χ4v) is 4.60. The maximum absolute atomic E-state index is 13.0. The third kappa shape index (κ3) is 5.51. The van der Waals surface area contributed by atoms with Crippen LogP contribution >= 0.6 is 11.3 Å². The van der Waals surface area contributed by atoms with Crippen molar-refractivity contribution in [3.63, 3.8) is 0 Å². The first-order valence-electron chi connectivity index (χ1n) is 11.0. The van der Waals surface area contributed by atoms with Crippen molar-refractivity contribution < 1.29 is 19.1 Å². The summed E-state index contributed by atoms with van der Waals surface area (Å²) < 4.78 is 12.7. The Kier molecular flexibility index (Phi) is 6.67. The van der Waals surface area contributed by atoms with E-state index in [1.165, 1.54) is 11.3 Å². The lowest BCUT2D eigenvalue weighted by molar-refractivity contribution is 0.0544. The molecule has 0 bridgehead atoms. The normalized spacial score (nSPS) is 15.2. The van der Waals surface area contributed by atoms with Crippen LogP contribution in [0.4, 0.5) is 4.79 Å². The summed E-state index contributed by atoms with van der Waals surface area (Å²) in [5.74, 6) is -0.145. The lowest BCUT2D eigenvalue weighted by Gasteiger charge is -2.24. The van der Waals surface area contributed by atoms with Gasteiger partial charge in [0.25, 0.3) is 5.91 Å². The Balaban J connectivity index is 1.67. The van der Waals surface area contributed by atoms with Gasteiger partial charge in [-0.05, 0) is 57.7 Å². The summed E-state index contributed by atoms with van der Waals surface area (Å²) in [6, 6.07) is 7.53. The molecule has 1 aliphatic rings. The molecule has 33 heavy (non-hydrogen) atoms. The summed E-state index contributed by atoms with van der Waals surface area (Å²) in [5.41, 5.74) is 2.28. The largest absolute Gasteiger partial charge is 0.443 e. The molecule has 2 aromatic heterocycles. The van der Waals surface area contributed by atoms with Crippen LogP contribution in [0.1, 0.15) is 47.4 Å². The Morgan fingerprint density at radius 3 is 2.76 bits per heavy atom. The van der Waals surface area contributed by atoms with Crippen LogP contribution in [0, 0.1) is 6.92 Å². The minimum Gasteiger partial charge on any atom is -0.443 e. The van der Waals surface area contributed by atoms with Gasteiger partial charge in [-0.3, -0.25) is 9.36 Å². The number of benzene rings is 1. The number of thiazole rings is 1. The highest BCUT2D eigenvalue weighted by Crippen LogP contribution is 2.26. The average molecular weight is 468 g/mol. The van der Waals surface area contributed by atoms with E-state index >= 15 is 0 Å². The molecule has 7 nitrogen and oxygen atoms in total. The minimum atomic E-state index is -0.598. The number of hydrogen-bond acceptors (Lipinski definition) is 6. The van der Waals surface area contributed by atoms with Crippen LogP contribution < -0.4 is 5.32 Å². The predicted octanol–water partition coefficient (Wildman–Crippen LogP) is 4.88. The number of amides is 1. The van der Waals surface area contributed by atoms with Crippen molar-refractivity contribution >= 4 is 34.2 Å². The molecule has 0 fully saturated rings. The maximum atomic E-state index is 13.0. The van der Waals surface area contributed by atoms with Crippen molar-refractivity contribution in [3.05, 3.63) is 63.8 Å². The van der Waals surface area contributed by atoms with E-state index in [4.69, 9.17) is 9.47 Å². The Morgan fingerprint density at radius 2 is 2.09 bits per heavy atom. The van der Waals surface area contributed by atoms with Gasteiger partial charge in [0.15, 0.2) is 0 Å². The molecule has 0 saturated heterocycles. The van der Waals surface area contributed by atoms with E-state index in [-0.39, 0.29) is 11.9 Å². The van der Waals surface area contributed by atoms with Crippen LogP contribution in [-0.4, -0.2) is 46.4 Å². The first-order chi connectivity index (χ1) is 15.7. The van der Waals surface area contributed by atoms with Gasteiger partial charge >= 0.3 is 6.09 Å². The molecule has 0 saturated carbocycles. The Morgan fingerprint density at radius 1 is 1.30 bits per heavy atom. The van der Waals surface area contributed by atoms with Gasteiger partial charge in [-0.15, -0.1) is 11.3 Å². The fourth-order valence-electron chi connectivity index (χ4n) is 3.92. The number of rotatable bonds is 5. The van der Waals surface area contributed by atoms with E-state index in [1.54, 1.807) is 10.8 Å². The Labute approximate surface area is 197 Å². The zero-order valence-corrected chi connectivity index (χ0v) is 20.2. The number of para-hydroxylation sites is 1. The van der Waals surface area contributed by atoms with E-state index in [2.05, 4.69) is 10.3 Å². The number of aromatic nitrogens is 2. The first-order valence-corrected chi connectivity index (χ1v) is 11.9. The quantitative estimate of drug-likeness (QED) is 0.541. The summed E-state index contributed by atoms with van der Waals surface area (Å²) in [6.45, 7) is 8.58. The molecule has 174 valence electrons. The van der Waals surface area contributed by atoms with Crippen LogP contribution in [-0.2, 0) is 15.9 Å². The molecule has 0 radical (unpaired) electrons. The summed E-state index contributed by atoms with van der Waals surface area (Å²) in [6.07, 6.45) is 6.35. The highest BCUT2D eigenvalue weighted by Gasteiger charge is 2.25. The zero-order chi connectivity index (χ0) is 23.6. The summed E-state index contributed by atoms with van der Waals surface area (Å²) in [5, 5.41) is 5.00. The molecular formula is C25H29N3O4S. The van der Waals surface area contributed by atoms with E-state index in [0.29, 0.717) is 24.5 Å². The molecule has 3 aromatic rings. The van der Waals surface area contributed by atoms with Gasteiger partial charge in [0.1, 0.15) is 10.5 Å². The molecule has 1 unspecified atom stereocenters. The number of ether oxygens (including phenoxy) is 2. The van der Waals surface area contributed by atoms with Crippen molar-refractivity contribution in [3.8, 4) is 0 Å². The number of aryl methyl sites for hydroxylation is 1. The number of hydrogen-bond donors (Lipinski definition) is 1. The molecular weight excluding hydrogens is 438 g/mol. The minimum absolute atomic E-state index is 0.145.